The SMILES string of the molecule is CC/C=C\C/C=C\C/C=C\C/C=C\C/C=C\C/C=C\C/C=C\CCCC(=O)OC(COCCCCCCCC/C=C\CCCCCCCC)COP(=O)(O)OCC(N)C(=O)O. The molecule has 0 bridgehead atoms. The zero-order chi connectivity index (χ0) is 44.8. The number of carboxylic acids is 1. The molecule has 0 heterocycles. The minimum Gasteiger partial charge on any atom is -0.480 e. The number of carboxylic acid groups (broad SMARTS) is 1. The number of hydrogen-bond acceptors (Lipinski definition) is 8. The van der Waals surface area contributed by atoms with E-state index < -0.39 is 45.1 Å². The Morgan fingerprint density at radius 3 is 1.44 bits per heavy atom. The first kappa shape index (κ1) is 57.9. The number of carbonyl (C=O) groups is 2. The molecule has 0 saturated carbocycles. The third-order valence-corrected chi connectivity index (χ3v) is 10.3. The Morgan fingerprint density at radius 1 is 0.541 bits per heavy atom. The molecule has 0 saturated heterocycles. The van der Waals surface area contributed by atoms with Gasteiger partial charge in [0.25, 0.3) is 0 Å². The standard InChI is InChI=1S/C50H84NO9P/c1-3-5-7-9-11-13-15-17-19-21-22-23-24-25-26-27-28-30-32-34-36-38-40-42-49(52)60-47(45-58-61(55,56)59-46-48(51)50(53)54)44-57-43-41-39-37-35-33-31-29-20-18-16-14-12-10-8-6-4-2/h5,7,11,13,17-20,22-23,25-26,28,30,34,36,47-48H,3-4,6,8-10,12,14-16,21,24,27,29,31-33,35,37-46,51H2,1-2H3,(H,53,54)(H,55,56)/b7-5-,13-11-,19-17-,20-18-,23-22-,26-25-,30-28-,36-34-. The lowest BCUT2D eigenvalue weighted by Crippen LogP contribution is -2.34. The van der Waals surface area contributed by atoms with E-state index in [0.29, 0.717) is 19.4 Å². The van der Waals surface area contributed by atoms with E-state index in [1.54, 1.807) is 0 Å². The fourth-order valence-electron chi connectivity index (χ4n) is 5.76. The maximum atomic E-state index is 12.6. The molecule has 0 spiro atoms. The van der Waals surface area contributed by atoms with Gasteiger partial charge in [-0.15, -0.1) is 0 Å². The molecule has 0 amide bonds. The first-order chi connectivity index (χ1) is 29.7. The van der Waals surface area contributed by atoms with Crippen molar-refractivity contribution in [3.8, 4) is 0 Å². The second-order valence-corrected chi connectivity index (χ2v) is 16.6. The molecular formula is C50H84NO9P. The third-order valence-electron chi connectivity index (χ3n) is 9.35. The summed E-state index contributed by atoms with van der Waals surface area (Å²) in [6.07, 6.45) is 59.0. The van der Waals surface area contributed by atoms with Gasteiger partial charge in [0.2, 0.25) is 0 Å². The lowest BCUT2D eigenvalue weighted by Gasteiger charge is -2.20. The minimum absolute atomic E-state index is 0.0166. The molecule has 0 aromatic heterocycles. The van der Waals surface area contributed by atoms with E-state index in [9.17, 15) is 19.0 Å². The molecule has 0 aliphatic heterocycles. The maximum Gasteiger partial charge on any atom is 0.472 e. The van der Waals surface area contributed by atoms with Gasteiger partial charge in [0, 0.05) is 13.0 Å². The van der Waals surface area contributed by atoms with Crippen molar-refractivity contribution in [1.29, 1.82) is 0 Å². The molecule has 0 aliphatic carbocycles. The molecule has 61 heavy (non-hydrogen) atoms. The third kappa shape index (κ3) is 44.7. The average molecular weight is 874 g/mol. The second kappa shape index (κ2) is 44.9. The molecule has 0 fully saturated rings. The highest BCUT2D eigenvalue weighted by Crippen LogP contribution is 2.43. The van der Waals surface area contributed by atoms with Crippen LogP contribution in [0.4, 0.5) is 0 Å². The first-order valence-corrected chi connectivity index (χ1v) is 24.8. The number of esters is 1. The highest BCUT2D eigenvalue weighted by atomic mass is 31.2. The van der Waals surface area contributed by atoms with Crippen LogP contribution in [0.3, 0.4) is 0 Å². The summed E-state index contributed by atoms with van der Waals surface area (Å²) in [4.78, 5) is 33.6. The Hall–Kier alpha value is -3.11. The van der Waals surface area contributed by atoms with Crippen molar-refractivity contribution in [2.75, 3.05) is 26.4 Å². The van der Waals surface area contributed by atoms with Crippen molar-refractivity contribution in [3.05, 3.63) is 97.2 Å². The van der Waals surface area contributed by atoms with Gasteiger partial charge < -0.3 is 25.2 Å². The molecule has 11 heteroatoms. The molecular weight excluding hydrogens is 790 g/mol. The smallest absolute Gasteiger partial charge is 0.472 e. The summed E-state index contributed by atoms with van der Waals surface area (Å²) >= 11 is 0. The predicted molar refractivity (Wildman–Crippen MR) is 253 cm³/mol. The molecule has 4 N–H and O–H groups in total. The van der Waals surface area contributed by atoms with Crippen molar-refractivity contribution in [3.63, 3.8) is 0 Å². The van der Waals surface area contributed by atoms with E-state index >= 15 is 0 Å². The van der Waals surface area contributed by atoms with Crippen molar-refractivity contribution in [1.82, 2.24) is 0 Å². The summed E-state index contributed by atoms with van der Waals surface area (Å²) in [7, 11) is -4.64. The Labute approximate surface area is 370 Å². The highest BCUT2D eigenvalue weighted by Gasteiger charge is 2.27. The van der Waals surface area contributed by atoms with Gasteiger partial charge in [-0.25, -0.2) is 4.57 Å². The number of nitrogens with two attached hydrogens (primary N) is 1. The van der Waals surface area contributed by atoms with E-state index in [4.69, 9.17) is 29.4 Å². The average Bonchev–Trinajstić information content (AvgIpc) is 3.24. The lowest BCUT2D eigenvalue weighted by atomic mass is 10.1. The van der Waals surface area contributed by atoms with Crippen LogP contribution in [-0.4, -0.2) is 60.5 Å². The Bertz CT molecular complexity index is 1330. The van der Waals surface area contributed by atoms with Gasteiger partial charge in [-0.05, 0) is 89.9 Å². The van der Waals surface area contributed by atoms with Crippen LogP contribution < -0.4 is 5.73 Å². The van der Waals surface area contributed by atoms with Gasteiger partial charge in [-0.2, -0.15) is 0 Å². The monoisotopic (exact) mass is 874 g/mol. The normalized spacial score (nSPS) is 14.7. The molecule has 3 unspecified atom stereocenters. The summed E-state index contributed by atoms with van der Waals surface area (Å²) in [5.74, 6) is -1.85. The number of phosphoric acid groups is 1. The number of allylic oxidation sites excluding steroid dienone is 16. The zero-order valence-corrected chi connectivity index (χ0v) is 38.9. The molecule has 0 aliphatic rings. The number of phosphoric ester groups is 1. The Morgan fingerprint density at radius 2 is 0.951 bits per heavy atom. The lowest BCUT2D eigenvalue weighted by molar-refractivity contribution is -0.154. The fraction of sp³-hybridized carbons (Fsp3) is 0.640. The minimum atomic E-state index is -4.64. The fourth-order valence-corrected chi connectivity index (χ4v) is 6.54. The van der Waals surface area contributed by atoms with Gasteiger partial charge in [-0.1, -0.05) is 169 Å². The van der Waals surface area contributed by atoms with E-state index in [1.165, 1.54) is 64.2 Å². The van der Waals surface area contributed by atoms with Crippen LogP contribution in [0, 0.1) is 0 Å². The van der Waals surface area contributed by atoms with Crippen LogP contribution in [0.15, 0.2) is 97.2 Å². The molecule has 3 atom stereocenters. The molecule has 0 aromatic rings. The van der Waals surface area contributed by atoms with Crippen LogP contribution >= 0.6 is 7.82 Å². The summed E-state index contributed by atoms with van der Waals surface area (Å²) < 4.78 is 33.3. The zero-order valence-electron chi connectivity index (χ0n) is 38.0. The molecule has 0 rings (SSSR count). The van der Waals surface area contributed by atoms with Crippen LogP contribution in [-0.2, 0) is 32.7 Å². The molecule has 0 aromatic carbocycles. The van der Waals surface area contributed by atoms with Gasteiger partial charge in [0.1, 0.15) is 12.1 Å². The summed E-state index contributed by atoms with van der Waals surface area (Å²) in [5, 5.41) is 8.91. The van der Waals surface area contributed by atoms with Crippen LogP contribution in [0.25, 0.3) is 0 Å². The molecule has 10 nitrogen and oxygen atoms in total. The Kier molecular flexibility index (Phi) is 42.6. The summed E-state index contributed by atoms with van der Waals surface area (Å²) in [6.45, 7) is 3.66. The largest absolute Gasteiger partial charge is 0.480 e. The van der Waals surface area contributed by atoms with Gasteiger partial charge >= 0.3 is 19.8 Å². The number of rotatable bonds is 43. The van der Waals surface area contributed by atoms with Gasteiger partial charge in [-0.3, -0.25) is 18.6 Å². The number of unbranched alkanes of at least 4 members (excludes halogenated alkanes) is 13. The van der Waals surface area contributed by atoms with Crippen LogP contribution in [0.5, 0.6) is 0 Å². The van der Waals surface area contributed by atoms with Crippen LogP contribution in [0.1, 0.15) is 168 Å². The number of aliphatic carboxylic acids is 1. The predicted octanol–water partition coefficient (Wildman–Crippen LogP) is 13.3. The quantitative estimate of drug-likeness (QED) is 0.0233. The molecule has 0 radical (unpaired) electrons. The van der Waals surface area contributed by atoms with E-state index in [-0.39, 0.29) is 13.0 Å². The number of carbonyl (C=O) groups excluding carboxylic acids is 1. The Balaban J connectivity index is 4.36. The summed E-state index contributed by atoms with van der Waals surface area (Å²) in [6, 6.07) is -1.49. The van der Waals surface area contributed by atoms with Crippen LogP contribution in [0.2, 0.25) is 0 Å². The first-order valence-electron chi connectivity index (χ1n) is 23.3. The molecule has 348 valence electrons. The van der Waals surface area contributed by atoms with E-state index in [2.05, 4.69) is 105 Å². The van der Waals surface area contributed by atoms with Gasteiger partial charge in [0.15, 0.2) is 0 Å². The van der Waals surface area contributed by atoms with Crippen molar-refractivity contribution >= 4 is 19.8 Å². The van der Waals surface area contributed by atoms with Crippen molar-refractivity contribution in [2.45, 2.75) is 180 Å². The van der Waals surface area contributed by atoms with Gasteiger partial charge in [0.05, 0.1) is 19.8 Å². The van der Waals surface area contributed by atoms with E-state index in [0.717, 1.165) is 70.6 Å². The number of hydrogen-bond donors (Lipinski definition) is 3. The van der Waals surface area contributed by atoms with E-state index in [1.807, 2.05) is 6.08 Å². The van der Waals surface area contributed by atoms with Crippen molar-refractivity contribution < 1.29 is 42.7 Å². The summed E-state index contributed by atoms with van der Waals surface area (Å²) in [5.41, 5.74) is 5.36. The maximum absolute atomic E-state index is 12.6. The second-order valence-electron chi connectivity index (χ2n) is 15.1. The topological polar surface area (TPSA) is 155 Å². The number of ether oxygens (including phenoxy) is 2. The van der Waals surface area contributed by atoms with Crippen molar-refractivity contribution in [2.24, 2.45) is 5.73 Å². The highest BCUT2D eigenvalue weighted by molar-refractivity contribution is 7.47.